The molecule has 1 N–H and O–H groups in total. The molecule has 8 nitrogen and oxygen atoms in total. The predicted octanol–water partition coefficient (Wildman–Crippen LogP) is 3.18. The quantitative estimate of drug-likeness (QED) is 0.683. The van der Waals surface area contributed by atoms with E-state index in [1.807, 2.05) is 13.0 Å². The zero-order valence-electron chi connectivity index (χ0n) is 16.6. The van der Waals surface area contributed by atoms with Gasteiger partial charge in [-0.25, -0.2) is 9.97 Å². The van der Waals surface area contributed by atoms with E-state index >= 15 is 0 Å². The first-order valence-corrected chi connectivity index (χ1v) is 9.77. The van der Waals surface area contributed by atoms with Gasteiger partial charge in [0.1, 0.15) is 5.82 Å². The van der Waals surface area contributed by atoms with E-state index in [9.17, 15) is 18.0 Å². The lowest BCUT2D eigenvalue weighted by molar-refractivity contribution is -0.141. The molecule has 0 bridgehead atoms. The first-order chi connectivity index (χ1) is 14.8. The van der Waals surface area contributed by atoms with Gasteiger partial charge in [0.05, 0.1) is 36.0 Å². The fraction of sp³-hybridized carbons (Fsp3) is 0.350. The molecule has 2 aromatic heterocycles. The number of rotatable bonds is 4. The summed E-state index contributed by atoms with van der Waals surface area (Å²) in [5.74, 6) is 0.0747. The Hall–Kier alpha value is -3.50. The molecule has 1 aliphatic rings. The van der Waals surface area contributed by atoms with Crippen molar-refractivity contribution in [3.05, 3.63) is 60.3 Å². The summed E-state index contributed by atoms with van der Waals surface area (Å²) < 4.78 is 38.1. The third-order valence-electron chi connectivity index (χ3n) is 5.29. The molecule has 1 fully saturated rings. The van der Waals surface area contributed by atoms with Crippen LogP contribution in [0, 0.1) is 0 Å². The van der Waals surface area contributed by atoms with Crippen LogP contribution in [0.15, 0.2) is 49.1 Å². The van der Waals surface area contributed by atoms with Crippen molar-refractivity contribution in [3.8, 4) is 5.69 Å². The van der Waals surface area contributed by atoms with Crippen LogP contribution in [0.5, 0.6) is 0 Å². The van der Waals surface area contributed by atoms with Crippen LogP contribution in [0.3, 0.4) is 0 Å². The van der Waals surface area contributed by atoms with Crippen LogP contribution in [0.25, 0.3) is 5.69 Å². The minimum atomic E-state index is -4.54. The molecule has 0 aliphatic carbocycles. The maximum Gasteiger partial charge on any atom is 0.434 e. The first kappa shape index (κ1) is 20.8. The number of anilines is 1. The third kappa shape index (κ3) is 4.35. The van der Waals surface area contributed by atoms with Gasteiger partial charge in [-0.15, -0.1) is 0 Å². The number of piperidine rings is 1. The van der Waals surface area contributed by atoms with Gasteiger partial charge in [-0.05, 0) is 31.9 Å². The van der Waals surface area contributed by atoms with E-state index in [2.05, 4.69) is 25.5 Å². The molecular formula is C20H20F3N7O. The molecule has 162 valence electrons. The molecule has 4 rings (SSSR count). The fourth-order valence-electron chi connectivity index (χ4n) is 3.69. The molecule has 0 spiro atoms. The Balaban J connectivity index is 1.52. The predicted molar refractivity (Wildman–Crippen MR) is 106 cm³/mol. The number of nitrogens with zero attached hydrogens (tertiary/aromatic N) is 6. The molecule has 1 amide bonds. The Bertz CT molecular complexity index is 1040. The van der Waals surface area contributed by atoms with Crippen LogP contribution in [-0.4, -0.2) is 54.4 Å². The zero-order chi connectivity index (χ0) is 22.0. The normalized spacial score (nSPS) is 19.3. The van der Waals surface area contributed by atoms with Gasteiger partial charge in [-0.1, -0.05) is 12.1 Å². The molecule has 1 saturated heterocycles. The van der Waals surface area contributed by atoms with Gasteiger partial charge in [-0.3, -0.25) is 4.79 Å². The number of nitrogens with one attached hydrogen (secondary N) is 1. The minimum Gasteiger partial charge on any atom is -0.364 e. The van der Waals surface area contributed by atoms with Gasteiger partial charge in [-0.2, -0.15) is 28.2 Å². The van der Waals surface area contributed by atoms with Crippen LogP contribution >= 0.6 is 0 Å². The molecule has 0 radical (unpaired) electrons. The number of alkyl halides is 3. The van der Waals surface area contributed by atoms with Crippen molar-refractivity contribution in [1.29, 1.82) is 0 Å². The maximum absolute atomic E-state index is 13.4. The Morgan fingerprint density at radius 1 is 1.13 bits per heavy atom. The van der Waals surface area contributed by atoms with Crippen molar-refractivity contribution in [2.75, 3.05) is 11.9 Å². The van der Waals surface area contributed by atoms with Gasteiger partial charge < -0.3 is 10.2 Å². The highest BCUT2D eigenvalue weighted by Crippen LogP contribution is 2.28. The number of amides is 1. The minimum absolute atomic E-state index is 0.162. The lowest BCUT2D eigenvalue weighted by atomic mass is 9.96. The molecular weight excluding hydrogens is 411 g/mol. The third-order valence-corrected chi connectivity index (χ3v) is 5.29. The van der Waals surface area contributed by atoms with E-state index in [4.69, 9.17) is 0 Å². The Kier molecular flexibility index (Phi) is 5.57. The van der Waals surface area contributed by atoms with Crippen LogP contribution in [0.4, 0.5) is 19.0 Å². The summed E-state index contributed by atoms with van der Waals surface area (Å²) in [6.45, 7) is 2.47. The average molecular weight is 431 g/mol. The Morgan fingerprint density at radius 3 is 2.55 bits per heavy atom. The zero-order valence-corrected chi connectivity index (χ0v) is 16.6. The molecule has 31 heavy (non-hydrogen) atoms. The van der Waals surface area contributed by atoms with Crippen molar-refractivity contribution < 1.29 is 18.0 Å². The van der Waals surface area contributed by atoms with Crippen molar-refractivity contribution in [2.45, 2.75) is 38.0 Å². The van der Waals surface area contributed by atoms with Crippen molar-refractivity contribution in [2.24, 2.45) is 0 Å². The second kappa shape index (κ2) is 8.32. The highest BCUT2D eigenvalue weighted by molar-refractivity contribution is 5.98. The van der Waals surface area contributed by atoms with Crippen LogP contribution in [0.2, 0.25) is 0 Å². The lowest BCUT2D eigenvalue weighted by Crippen LogP contribution is -2.52. The molecule has 0 saturated carbocycles. The second-order valence-corrected chi connectivity index (χ2v) is 7.25. The van der Waals surface area contributed by atoms with E-state index < -0.39 is 11.9 Å². The number of benzene rings is 1. The van der Waals surface area contributed by atoms with Crippen LogP contribution in [-0.2, 0) is 6.18 Å². The molecule has 2 atom stereocenters. The lowest BCUT2D eigenvalue weighted by Gasteiger charge is -2.40. The standard InChI is InChI=1S/C20H20F3N7O/c1-13-15(28-18-12-24-17(11-25-18)20(21,22)23)6-4-10-29(13)19(31)14-5-2-3-7-16(14)30-26-8-9-27-30/h2-3,5,7-9,11-13,15H,4,6,10H2,1H3,(H,25,28)/t13-,15+/m0/s1. The number of likely N-dealkylation sites (tertiary alicyclic amines) is 1. The molecule has 11 heteroatoms. The van der Waals surface area contributed by atoms with E-state index in [0.29, 0.717) is 24.0 Å². The summed E-state index contributed by atoms with van der Waals surface area (Å²) in [6, 6.07) is 6.69. The van der Waals surface area contributed by atoms with Crippen molar-refractivity contribution >= 4 is 11.7 Å². The van der Waals surface area contributed by atoms with E-state index in [-0.39, 0.29) is 23.8 Å². The van der Waals surface area contributed by atoms with E-state index in [1.165, 1.54) is 17.2 Å². The molecule has 1 aliphatic heterocycles. The van der Waals surface area contributed by atoms with E-state index in [1.54, 1.807) is 23.1 Å². The number of carbonyl (C=O) groups is 1. The number of halogens is 3. The number of hydrogen-bond acceptors (Lipinski definition) is 6. The molecule has 1 aromatic carbocycles. The summed E-state index contributed by atoms with van der Waals surface area (Å²) >= 11 is 0. The number of hydrogen-bond donors (Lipinski definition) is 1. The fourth-order valence-corrected chi connectivity index (χ4v) is 3.69. The second-order valence-electron chi connectivity index (χ2n) is 7.25. The summed E-state index contributed by atoms with van der Waals surface area (Å²) in [6.07, 6.45) is 1.79. The first-order valence-electron chi connectivity index (χ1n) is 9.77. The highest BCUT2D eigenvalue weighted by atomic mass is 19.4. The summed E-state index contributed by atoms with van der Waals surface area (Å²) in [4.78, 5) is 23.8. The van der Waals surface area contributed by atoms with E-state index in [0.717, 1.165) is 19.0 Å². The van der Waals surface area contributed by atoms with Crippen LogP contribution < -0.4 is 5.32 Å². The topological polar surface area (TPSA) is 88.8 Å². The van der Waals surface area contributed by atoms with Gasteiger partial charge in [0, 0.05) is 18.6 Å². The largest absolute Gasteiger partial charge is 0.434 e. The molecule has 3 heterocycles. The van der Waals surface area contributed by atoms with Crippen molar-refractivity contribution in [3.63, 3.8) is 0 Å². The van der Waals surface area contributed by atoms with Crippen molar-refractivity contribution in [1.82, 2.24) is 29.9 Å². The number of aromatic nitrogens is 5. The van der Waals surface area contributed by atoms with Crippen LogP contribution in [0.1, 0.15) is 35.8 Å². The van der Waals surface area contributed by atoms with Gasteiger partial charge in [0.2, 0.25) is 0 Å². The Morgan fingerprint density at radius 2 is 1.87 bits per heavy atom. The van der Waals surface area contributed by atoms with Gasteiger partial charge >= 0.3 is 6.18 Å². The maximum atomic E-state index is 13.4. The number of para-hydroxylation sites is 1. The summed E-state index contributed by atoms with van der Waals surface area (Å²) in [5.41, 5.74) is 0.00398. The highest BCUT2D eigenvalue weighted by Gasteiger charge is 2.34. The number of carbonyl (C=O) groups excluding carboxylic acids is 1. The van der Waals surface area contributed by atoms with Gasteiger partial charge in [0.25, 0.3) is 5.91 Å². The molecule has 0 unspecified atom stereocenters. The van der Waals surface area contributed by atoms with Gasteiger partial charge in [0.15, 0.2) is 5.69 Å². The Labute approximate surface area is 176 Å². The molecule has 3 aromatic rings. The smallest absolute Gasteiger partial charge is 0.364 e. The average Bonchev–Trinajstić information content (AvgIpc) is 3.29. The summed E-state index contributed by atoms with van der Waals surface area (Å²) in [7, 11) is 0. The monoisotopic (exact) mass is 431 g/mol. The summed E-state index contributed by atoms with van der Waals surface area (Å²) in [5, 5.41) is 11.4. The SMILES string of the molecule is C[C@H]1[C@H](Nc2cnc(C(F)(F)F)cn2)CCCN1C(=O)c1ccccc1-n1nccn1.